The van der Waals surface area contributed by atoms with Gasteiger partial charge in [0.15, 0.2) is 0 Å². The van der Waals surface area contributed by atoms with E-state index in [0.717, 1.165) is 57.7 Å². The molecule has 2 aliphatic rings. The molecule has 0 aromatic carbocycles. The van der Waals surface area contributed by atoms with E-state index >= 15 is 0 Å². The van der Waals surface area contributed by atoms with Crippen LogP contribution >= 0.6 is 11.3 Å². The van der Waals surface area contributed by atoms with Gasteiger partial charge in [-0.3, -0.25) is 14.5 Å². The van der Waals surface area contributed by atoms with Gasteiger partial charge in [-0.25, -0.2) is 19.4 Å². The van der Waals surface area contributed by atoms with Gasteiger partial charge in [-0.2, -0.15) is 55.9 Å². The highest BCUT2D eigenvalue weighted by atomic mass is 32.1. The molecule has 1 fully saturated rings. The van der Waals surface area contributed by atoms with Crippen LogP contribution in [0.2, 0.25) is 0 Å². The summed E-state index contributed by atoms with van der Waals surface area (Å²) in [4.78, 5) is 36.9. The van der Waals surface area contributed by atoms with Gasteiger partial charge in [0.2, 0.25) is 0 Å². The van der Waals surface area contributed by atoms with Crippen LogP contribution in [0.3, 0.4) is 0 Å². The number of aromatic nitrogens is 4. The molecule has 274 valence electrons. The minimum atomic E-state index is -5.08. The van der Waals surface area contributed by atoms with Crippen molar-refractivity contribution >= 4 is 29.2 Å². The SMILES string of the molecule is CCN1CCn2c(-c3cnn(C)c3)cnc2C12CCN(Cc1ccsc1)CC2.O=C(O)C(F)(F)F.O=C(O)C(F)(F)F.O=C(O)C(F)(F)F. The van der Waals surface area contributed by atoms with Crippen molar-refractivity contribution in [2.45, 2.75) is 56.9 Å². The second-order valence-electron chi connectivity index (χ2n) is 10.4. The number of halogens is 9. The van der Waals surface area contributed by atoms with Crippen molar-refractivity contribution < 1.29 is 69.2 Å². The zero-order chi connectivity index (χ0) is 37.4. The summed E-state index contributed by atoms with van der Waals surface area (Å²) in [6.45, 7) is 8.80. The molecule has 12 nitrogen and oxygen atoms in total. The summed E-state index contributed by atoms with van der Waals surface area (Å²) >= 11 is 1.79. The number of rotatable bonds is 4. The van der Waals surface area contributed by atoms with Crippen molar-refractivity contribution in [1.82, 2.24) is 29.1 Å². The number of likely N-dealkylation sites (tertiary alicyclic amines) is 1. The lowest BCUT2D eigenvalue weighted by Crippen LogP contribution is -2.57. The van der Waals surface area contributed by atoms with Gasteiger partial charge in [0, 0.05) is 51.5 Å². The van der Waals surface area contributed by atoms with Crippen molar-refractivity contribution in [3.8, 4) is 11.3 Å². The molecule has 0 bridgehead atoms. The zero-order valence-corrected chi connectivity index (χ0v) is 26.5. The number of carboxylic acids is 3. The van der Waals surface area contributed by atoms with Crippen LogP contribution in [0.5, 0.6) is 0 Å². The van der Waals surface area contributed by atoms with Crippen LogP contribution in [-0.4, -0.2) is 107 Å². The van der Waals surface area contributed by atoms with E-state index in [4.69, 9.17) is 34.7 Å². The van der Waals surface area contributed by atoms with Gasteiger partial charge < -0.3 is 19.9 Å². The Labute approximate surface area is 276 Å². The molecule has 0 amide bonds. The monoisotopic (exact) mass is 738 g/mol. The molecule has 3 N–H and O–H groups in total. The van der Waals surface area contributed by atoms with E-state index in [1.54, 1.807) is 11.3 Å². The van der Waals surface area contributed by atoms with Gasteiger partial charge in [0.1, 0.15) is 5.82 Å². The molecule has 0 atom stereocenters. The summed E-state index contributed by atoms with van der Waals surface area (Å²) in [7, 11) is 1.97. The third-order valence-electron chi connectivity index (χ3n) is 7.25. The first-order chi connectivity index (χ1) is 22.5. The Balaban J connectivity index is 0.000000325. The Morgan fingerprint density at radius 3 is 1.76 bits per heavy atom. The first-order valence-electron chi connectivity index (χ1n) is 14.0. The largest absolute Gasteiger partial charge is 0.490 e. The Morgan fingerprint density at radius 2 is 1.37 bits per heavy atom. The van der Waals surface area contributed by atoms with Crippen LogP contribution in [-0.2, 0) is 40.1 Å². The Kier molecular flexibility index (Phi) is 13.8. The van der Waals surface area contributed by atoms with Crippen LogP contribution in [0.15, 0.2) is 35.4 Å². The predicted octanol–water partition coefficient (Wildman–Crippen LogP) is 5.07. The normalized spacial score (nSPS) is 16.2. The second-order valence-corrected chi connectivity index (χ2v) is 11.2. The maximum Gasteiger partial charge on any atom is 0.490 e. The van der Waals surface area contributed by atoms with Crippen molar-refractivity contribution in [3.63, 3.8) is 0 Å². The van der Waals surface area contributed by atoms with Gasteiger partial charge in [0.05, 0.1) is 23.6 Å². The van der Waals surface area contributed by atoms with Crippen molar-refractivity contribution in [2.75, 3.05) is 26.2 Å². The lowest BCUT2D eigenvalue weighted by molar-refractivity contribution is -0.193. The molecule has 0 aliphatic carbocycles. The Morgan fingerprint density at radius 1 is 0.857 bits per heavy atom. The molecule has 3 aromatic rings. The van der Waals surface area contributed by atoms with Crippen LogP contribution < -0.4 is 0 Å². The van der Waals surface area contributed by atoms with Gasteiger partial charge in [-0.05, 0) is 41.8 Å². The Hall–Kier alpha value is -4.18. The first-order valence-corrected chi connectivity index (χ1v) is 14.9. The quantitative estimate of drug-likeness (QED) is 0.309. The standard InChI is InChI=1S/C21H28N6S.3C2HF3O2/c1-3-26-9-10-27-19(18-12-23-24(2)15-18)13-22-20(27)21(26)5-7-25(8-6-21)14-17-4-11-28-16-17;3*3-2(4,5)1(6)7/h4,11-13,15-16H,3,5-10,14H2,1-2H3;3*(H,6,7). The molecule has 5 rings (SSSR count). The number of carbonyl (C=O) groups is 3. The van der Waals surface area contributed by atoms with Crippen molar-refractivity contribution in [2.24, 2.45) is 7.05 Å². The van der Waals surface area contributed by atoms with Gasteiger partial charge in [-0.1, -0.05) is 6.92 Å². The van der Waals surface area contributed by atoms with Crippen LogP contribution in [0.1, 0.15) is 31.2 Å². The van der Waals surface area contributed by atoms with E-state index in [1.807, 2.05) is 17.9 Å². The average Bonchev–Trinajstić information content (AvgIpc) is 3.76. The highest BCUT2D eigenvalue weighted by Crippen LogP contribution is 2.42. The van der Waals surface area contributed by atoms with Crippen LogP contribution in [0.4, 0.5) is 39.5 Å². The molecule has 5 heterocycles. The minimum Gasteiger partial charge on any atom is -0.475 e. The fourth-order valence-electron chi connectivity index (χ4n) is 5.06. The fraction of sp³-hybridized carbons (Fsp3) is 0.519. The number of aryl methyl sites for hydroxylation is 1. The van der Waals surface area contributed by atoms with E-state index in [9.17, 15) is 39.5 Å². The average molecular weight is 739 g/mol. The molecule has 0 radical (unpaired) electrons. The lowest BCUT2D eigenvalue weighted by Gasteiger charge is -2.50. The summed E-state index contributed by atoms with van der Waals surface area (Å²) in [6, 6.07) is 2.25. The summed E-state index contributed by atoms with van der Waals surface area (Å²) < 4.78 is 99.5. The number of piperidine rings is 1. The molecule has 22 heteroatoms. The molecule has 0 unspecified atom stereocenters. The number of hydrogen-bond donors (Lipinski definition) is 3. The number of fused-ring (bicyclic) bond motifs is 2. The summed E-state index contributed by atoms with van der Waals surface area (Å²) in [6.07, 6.45) is -6.85. The summed E-state index contributed by atoms with van der Waals surface area (Å²) in [5.74, 6) is -7.01. The number of hydrogen-bond acceptors (Lipinski definition) is 8. The zero-order valence-electron chi connectivity index (χ0n) is 25.7. The number of alkyl halides is 9. The molecule has 3 aromatic heterocycles. The maximum absolute atomic E-state index is 10.6. The van der Waals surface area contributed by atoms with Crippen LogP contribution in [0.25, 0.3) is 11.3 Å². The second kappa shape index (κ2) is 16.5. The lowest BCUT2D eigenvalue weighted by atomic mass is 9.83. The van der Waals surface area contributed by atoms with Crippen molar-refractivity contribution in [1.29, 1.82) is 0 Å². The predicted molar refractivity (Wildman–Crippen MR) is 153 cm³/mol. The number of imidazole rings is 1. The third-order valence-corrected chi connectivity index (χ3v) is 7.98. The molecule has 0 saturated carbocycles. The Bertz CT molecular complexity index is 1470. The smallest absolute Gasteiger partial charge is 0.475 e. The third kappa shape index (κ3) is 11.4. The first kappa shape index (κ1) is 41.0. The van der Waals surface area contributed by atoms with E-state index in [0.29, 0.717) is 0 Å². The number of carboxylic acid groups (broad SMARTS) is 3. The molecule has 1 saturated heterocycles. The maximum atomic E-state index is 10.6. The van der Waals surface area contributed by atoms with Crippen LogP contribution in [0, 0.1) is 0 Å². The molecule has 49 heavy (non-hydrogen) atoms. The highest BCUT2D eigenvalue weighted by Gasteiger charge is 2.46. The fourth-order valence-corrected chi connectivity index (χ4v) is 5.72. The number of nitrogens with zero attached hydrogens (tertiary/aromatic N) is 6. The topological polar surface area (TPSA) is 154 Å². The molecular weight excluding hydrogens is 707 g/mol. The molecule has 2 aliphatic heterocycles. The van der Waals surface area contributed by atoms with E-state index < -0.39 is 36.4 Å². The summed E-state index contributed by atoms with van der Waals surface area (Å²) in [5, 5.41) is 30.2. The van der Waals surface area contributed by atoms with E-state index in [2.05, 4.69) is 55.6 Å². The van der Waals surface area contributed by atoms with Gasteiger partial charge in [0.25, 0.3) is 0 Å². The molecular formula is C27H31F9N6O6S. The van der Waals surface area contributed by atoms with Gasteiger partial charge in [-0.15, -0.1) is 0 Å². The number of likely N-dealkylation sites (N-methyl/N-ethyl adjacent to an activating group) is 1. The number of aliphatic carboxylic acids is 3. The minimum absolute atomic E-state index is 0.0681. The number of thiophene rings is 1. The van der Waals surface area contributed by atoms with Crippen molar-refractivity contribution in [3.05, 3.63) is 46.8 Å². The van der Waals surface area contributed by atoms with E-state index in [-0.39, 0.29) is 5.54 Å². The molecule has 1 spiro atoms. The highest BCUT2D eigenvalue weighted by molar-refractivity contribution is 7.07. The van der Waals surface area contributed by atoms with Gasteiger partial charge >= 0.3 is 36.4 Å². The summed E-state index contributed by atoms with van der Waals surface area (Å²) in [5.41, 5.74) is 3.88. The van der Waals surface area contributed by atoms with E-state index in [1.165, 1.54) is 17.1 Å².